The Hall–Kier alpha value is -3.35. The molecule has 2 aromatic carbocycles. The average Bonchev–Trinajstić information content (AvgIpc) is 2.92. The number of fused-ring (bicyclic) bond motifs is 1. The third-order valence-electron chi connectivity index (χ3n) is 4.33. The van der Waals surface area contributed by atoms with Crippen molar-refractivity contribution in [1.29, 1.82) is 0 Å². The normalized spacial score (nSPS) is 10.9. The first-order valence-corrected chi connectivity index (χ1v) is 8.82. The maximum atomic E-state index is 12.7. The minimum absolute atomic E-state index is 0.103. The minimum Gasteiger partial charge on any atom is -0.478 e. The maximum Gasteiger partial charge on any atom is 0.335 e. The van der Waals surface area contributed by atoms with Crippen LogP contribution in [-0.4, -0.2) is 26.1 Å². The zero-order chi connectivity index (χ0) is 19.4. The highest BCUT2D eigenvalue weighted by Crippen LogP contribution is 2.15. The van der Waals surface area contributed by atoms with Gasteiger partial charge in [0.05, 0.1) is 16.6 Å². The van der Waals surface area contributed by atoms with Gasteiger partial charge in [0.25, 0.3) is 0 Å². The Morgan fingerprint density at radius 1 is 1.00 bits per heavy atom. The van der Waals surface area contributed by atoms with Crippen LogP contribution in [-0.2, 0) is 17.9 Å². The molecule has 7 heteroatoms. The van der Waals surface area contributed by atoms with Crippen molar-refractivity contribution in [2.45, 2.75) is 32.9 Å². The van der Waals surface area contributed by atoms with Gasteiger partial charge in [0, 0.05) is 25.2 Å². The minimum atomic E-state index is -1.05. The van der Waals surface area contributed by atoms with E-state index in [1.54, 1.807) is 21.3 Å². The summed E-state index contributed by atoms with van der Waals surface area (Å²) in [5.74, 6) is -1.34. The van der Waals surface area contributed by atoms with Gasteiger partial charge in [0.2, 0.25) is 5.91 Å². The standard InChI is InChI=1S/C20H21N3O4/c1-2-11-22-16-8-3-4-9-17(16)23(20(22)27)12-10-18(24)21-15-7-5-6-14(13-15)19(25)26/h3-9,13H,2,10-12H2,1H3,(H,21,24)(H,25,26). The summed E-state index contributed by atoms with van der Waals surface area (Å²) in [4.78, 5) is 36.0. The highest BCUT2D eigenvalue weighted by molar-refractivity contribution is 5.93. The van der Waals surface area contributed by atoms with Crippen LogP contribution in [0.1, 0.15) is 30.1 Å². The number of para-hydroxylation sites is 2. The monoisotopic (exact) mass is 367 g/mol. The van der Waals surface area contributed by atoms with Crippen LogP contribution >= 0.6 is 0 Å². The van der Waals surface area contributed by atoms with E-state index in [9.17, 15) is 14.4 Å². The van der Waals surface area contributed by atoms with Crippen molar-refractivity contribution >= 4 is 28.6 Å². The van der Waals surface area contributed by atoms with Gasteiger partial charge >= 0.3 is 11.7 Å². The predicted molar refractivity (Wildman–Crippen MR) is 103 cm³/mol. The third-order valence-corrected chi connectivity index (χ3v) is 4.33. The lowest BCUT2D eigenvalue weighted by Gasteiger charge is -2.07. The van der Waals surface area contributed by atoms with Crippen LogP contribution in [0.5, 0.6) is 0 Å². The lowest BCUT2D eigenvalue weighted by atomic mass is 10.2. The van der Waals surface area contributed by atoms with Gasteiger partial charge in [-0.05, 0) is 36.8 Å². The van der Waals surface area contributed by atoms with E-state index in [1.807, 2.05) is 31.2 Å². The van der Waals surface area contributed by atoms with Crippen molar-refractivity contribution in [3.8, 4) is 0 Å². The molecule has 0 saturated heterocycles. The van der Waals surface area contributed by atoms with E-state index in [1.165, 1.54) is 12.1 Å². The van der Waals surface area contributed by atoms with E-state index in [-0.39, 0.29) is 30.1 Å². The van der Waals surface area contributed by atoms with E-state index in [0.717, 1.165) is 17.5 Å². The largest absolute Gasteiger partial charge is 0.478 e. The maximum absolute atomic E-state index is 12.7. The molecule has 0 unspecified atom stereocenters. The molecule has 0 atom stereocenters. The fourth-order valence-corrected chi connectivity index (χ4v) is 3.10. The number of aromatic carboxylic acids is 1. The second kappa shape index (κ2) is 7.90. The fourth-order valence-electron chi connectivity index (χ4n) is 3.10. The molecule has 1 heterocycles. The average molecular weight is 367 g/mol. The number of carbonyl (C=O) groups excluding carboxylic acids is 1. The molecular weight excluding hydrogens is 346 g/mol. The number of nitrogens with one attached hydrogen (secondary N) is 1. The molecule has 2 N–H and O–H groups in total. The molecule has 7 nitrogen and oxygen atoms in total. The first-order chi connectivity index (χ1) is 13.0. The smallest absolute Gasteiger partial charge is 0.335 e. The SMILES string of the molecule is CCCn1c(=O)n(CCC(=O)Nc2cccc(C(=O)O)c2)c2ccccc21. The molecule has 1 amide bonds. The lowest BCUT2D eigenvalue weighted by molar-refractivity contribution is -0.116. The van der Waals surface area contributed by atoms with E-state index in [2.05, 4.69) is 5.32 Å². The molecular formula is C20H21N3O4. The van der Waals surface area contributed by atoms with Crippen LogP contribution in [0, 0.1) is 0 Å². The Bertz CT molecular complexity index is 1050. The molecule has 3 aromatic rings. The van der Waals surface area contributed by atoms with E-state index in [0.29, 0.717) is 12.2 Å². The Balaban J connectivity index is 1.76. The Morgan fingerprint density at radius 2 is 1.67 bits per heavy atom. The molecule has 0 saturated carbocycles. The van der Waals surface area contributed by atoms with Gasteiger partial charge in [-0.2, -0.15) is 0 Å². The van der Waals surface area contributed by atoms with Crippen molar-refractivity contribution in [2.75, 3.05) is 5.32 Å². The highest BCUT2D eigenvalue weighted by atomic mass is 16.4. The van der Waals surface area contributed by atoms with Gasteiger partial charge in [0.15, 0.2) is 0 Å². The molecule has 3 rings (SSSR count). The summed E-state index contributed by atoms with van der Waals surface area (Å²) in [6.45, 7) is 2.89. The number of aromatic nitrogens is 2. The Labute approximate surface area is 155 Å². The van der Waals surface area contributed by atoms with Crippen LogP contribution in [0.3, 0.4) is 0 Å². The number of anilines is 1. The van der Waals surface area contributed by atoms with Crippen molar-refractivity contribution < 1.29 is 14.7 Å². The lowest BCUT2D eigenvalue weighted by Crippen LogP contribution is -2.26. The van der Waals surface area contributed by atoms with Crippen LogP contribution in [0.4, 0.5) is 5.69 Å². The van der Waals surface area contributed by atoms with Crippen LogP contribution in [0.2, 0.25) is 0 Å². The summed E-state index contributed by atoms with van der Waals surface area (Å²) >= 11 is 0. The van der Waals surface area contributed by atoms with E-state index >= 15 is 0 Å². The van der Waals surface area contributed by atoms with E-state index < -0.39 is 5.97 Å². The number of carbonyl (C=O) groups is 2. The second-order valence-electron chi connectivity index (χ2n) is 6.26. The highest BCUT2D eigenvalue weighted by Gasteiger charge is 2.13. The number of imidazole rings is 1. The number of benzene rings is 2. The molecule has 0 bridgehead atoms. The first-order valence-electron chi connectivity index (χ1n) is 8.82. The molecule has 0 aliphatic carbocycles. The molecule has 0 aliphatic heterocycles. The second-order valence-corrected chi connectivity index (χ2v) is 6.26. The predicted octanol–water partition coefficient (Wildman–Crippen LogP) is 2.94. The summed E-state index contributed by atoms with van der Waals surface area (Å²) in [6.07, 6.45) is 0.950. The Kier molecular flexibility index (Phi) is 5.40. The van der Waals surface area contributed by atoms with Gasteiger partial charge in [-0.25, -0.2) is 9.59 Å². The summed E-state index contributed by atoms with van der Waals surface area (Å²) in [7, 11) is 0. The van der Waals surface area contributed by atoms with Crippen molar-refractivity contribution in [1.82, 2.24) is 9.13 Å². The fraction of sp³-hybridized carbons (Fsp3) is 0.250. The summed E-state index contributed by atoms with van der Waals surface area (Å²) in [5, 5.41) is 11.7. The summed E-state index contributed by atoms with van der Waals surface area (Å²) < 4.78 is 3.34. The molecule has 140 valence electrons. The van der Waals surface area contributed by atoms with Crippen LogP contribution in [0.25, 0.3) is 11.0 Å². The van der Waals surface area contributed by atoms with Crippen molar-refractivity contribution in [2.24, 2.45) is 0 Å². The van der Waals surface area contributed by atoms with Crippen LogP contribution < -0.4 is 11.0 Å². The molecule has 0 fully saturated rings. The number of nitrogens with zero attached hydrogens (tertiary/aromatic N) is 2. The first kappa shape index (κ1) is 18.4. The number of rotatable bonds is 7. The van der Waals surface area contributed by atoms with Gasteiger partial charge in [0.1, 0.15) is 0 Å². The topological polar surface area (TPSA) is 93.3 Å². The Morgan fingerprint density at radius 3 is 2.30 bits per heavy atom. The zero-order valence-electron chi connectivity index (χ0n) is 15.0. The summed E-state index contributed by atoms with van der Waals surface area (Å²) in [5.41, 5.74) is 2.06. The molecule has 27 heavy (non-hydrogen) atoms. The van der Waals surface area contributed by atoms with Gasteiger partial charge in [-0.1, -0.05) is 25.1 Å². The number of aryl methyl sites for hydroxylation is 2. The molecule has 1 aromatic heterocycles. The quantitative estimate of drug-likeness (QED) is 0.671. The van der Waals surface area contributed by atoms with Crippen molar-refractivity contribution in [3.63, 3.8) is 0 Å². The number of hydrogen-bond donors (Lipinski definition) is 2. The van der Waals surface area contributed by atoms with Gasteiger partial charge in [-0.3, -0.25) is 13.9 Å². The molecule has 0 radical (unpaired) electrons. The number of carboxylic acid groups (broad SMARTS) is 1. The van der Waals surface area contributed by atoms with E-state index in [4.69, 9.17) is 5.11 Å². The third kappa shape index (κ3) is 3.92. The zero-order valence-corrected chi connectivity index (χ0v) is 15.0. The van der Waals surface area contributed by atoms with Crippen molar-refractivity contribution in [3.05, 3.63) is 64.6 Å². The number of amides is 1. The molecule has 0 aliphatic rings. The molecule has 0 spiro atoms. The van der Waals surface area contributed by atoms with Gasteiger partial charge < -0.3 is 10.4 Å². The number of carboxylic acids is 1. The van der Waals surface area contributed by atoms with Gasteiger partial charge in [-0.15, -0.1) is 0 Å². The number of hydrogen-bond acceptors (Lipinski definition) is 3. The summed E-state index contributed by atoms with van der Waals surface area (Å²) in [6, 6.07) is 13.6. The van der Waals surface area contributed by atoms with Crippen LogP contribution in [0.15, 0.2) is 53.3 Å².